The maximum absolute atomic E-state index is 5.01. The Morgan fingerprint density at radius 2 is 1.08 bits per heavy atom. The molecule has 0 aliphatic carbocycles. The first-order valence-corrected chi connectivity index (χ1v) is 16.5. The second-order valence-electron chi connectivity index (χ2n) is 12.7. The van der Waals surface area contributed by atoms with Crippen LogP contribution in [0.4, 0.5) is 0 Å². The van der Waals surface area contributed by atoms with Gasteiger partial charge in [0, 0.05) is 19.6 Å². The molecule has 3 aromatic heterocycles. The molecule has 240 valence electrons. The van der Waals surface area contributed by atoms with E-state index in [-0.39, 0.29) is 21.1 Å². The second-order valence-corrected chi connectivity index (χ2v) is 12.7. The van der Waals surface area contributed by atoms with E-state index >= 15 is 0 Å². The van der Waals surface area contributed by atoms with Crippen molar-refractivity contribution in [3.05, 3.63) is 152 Å². The molecule has 7 aromatic carbocycles. The first-order chi connectivity index (χ1) is 24.1. The van der Waals surface area contributed by atoms with Crippen molar-refractivity contribution in [2.45, 2.75) is 0 Å². The van der Waals surface area contributed by atoms with Gasteiger partial charge in [-0.1, -0.05) is 78.2 Å². The van der Waals surface area contributed by atoms with Gasteiger partial charge in [0.15, 0.2) is 0 Å². The first kappa shape index (κ1) is 30.3. The molecule has 0 unspecified atom stereocenters. The number of imidazole rings is 2. The van der Waals surface area contributed by atoms with Gasteiger partial charge in [-0.2, -0.15) is 0 Å². The third kappa shape index (κ3) is 4.65. The minimum Gasteiger partial charge on any atom is -0.367 e. The van der Waals surface area contributed by atoms with Gasteiger partial charge in [-0.15, -0.1) is 53.6 Å². The predicted molar refractivity (Wildman–Crippen MR) is 201 cm³/mol. The summed E-state index contributed by atoms with van der Waals surface area (Å²) < 4.78 is 6.59. The van der Waals surface area contributed by atoms with E-state index in [9.17, 15) is 0 Å². The number of benzene rings is 7. The van der Waals surface area contributed by atoms with Crippen molar-refractivity contribution in [2.24, 2.45) is 14.1 Å². The molecule has 0 aliphatic rings. The fourth-order valence-corrected chi connectivity index (χ4v) is 7.36. The number of fused-ring (bicyclic) bond motifs is 6. The number of hydrogen-bond donors (Lipinski definition) is 0. The molecule has 0 saturated carbocycles. The second kappa shape index (κ2) is 11.7. The van der Waals surface area contributed by atoms with Crippen molar-refractivity contribution >= 4 is 54.6 Å². The van der Waals surface area contributed by atoms with Crippen molar-refractivity contribution in [3.8, 4) is 39.6 Å². The Labute approximate surface area is 303 Å². The van der Waals surface area contributed by atoms with Crippen LogP contribution in [-0.4, -0.2) is 23.7 Å². The summed E-state index contributed by atoms with van der Waals surface area (Å²) in [5.41, 5.74) is 11.3. The van der Waals surface area contributed by atoms with Crippen LogP contribution in [0.25, 0.3) is 94.2 Å². The smallest absolute Gasteiger partial charge is 0.367 e. The van der Waals surface area contributed by atoms with Crippen molar-refractivity contribution in [2.75, 3.05) is 0 Å². The maximum atomic E-state index is 5.01. The van der Waals surface area contributed by atoms with E-state index in [2.05, 4.69) is 167 Å². The molecule has 0 atom stereocenters. The van der Waals surface area contributed by atoms with E-state index in [1.165, 1.54) is 16.3 Å². The van der Waals surface area contributed by atoms with Crippen LogP contribution in [0.5, 0.6) is 0 Å². The van der Waals surface area contributed by atoms with Crippen molar-refractivity contribution in [1.82, 2.24) is 23.7 Å². The van der Waals surface area contributed by atoms with Crippen LogP contribution in [0.3, 0.4) is 0 Å². The summed E-state index contributed by atoms with van der Waals surface area (Å²) in [5.74, 6) is 1.76. The molecule has 6 heteroatoms. The molecule has 5 nitrogen and oxygen atoms in total. The standard InChI is InChI=1S/C44H29N5.Pt/c1-47-39-16-7-5-14-37(39)45-43(47)32-12-9-13-34(25-32)49-41-26-31(30-19-18-28-10-3-4-11-29(28)24-30)20-22-35(41)36-23-21-33(27-42(36)49)44-46-38-15-6-8-17-40(38)48(44)2;/h3-24,26H,1-2H3;/q-2;+2. The molecule has 0 bridgehead atoms. The zero-order valence-electron chi connectivity index (χ0n) is 27.3. The average molecular weight is 823 g/mol. The van der Waals surface area contributed by atoms with Crippen molar-refractivity contribution in [1.29, 1.82) is 0 Å². The molecule has 0 aliphatic heterocycles. The molecule has 0 radical (unpaired) electrons. The fraction of sp³-hybridized carbons (Fsp3) is 0.0455. The topological polar surface area (TPSA) is 40.6 Å². The van der Waals surface area contributed by atoms with Gasteiger partial charge in [0.2, 0.25) is 0 Å². The third-order valence-electron chi connectivity index (χ3n) is 9.84. The van der Waals surface area contributed by atoms with E-state index in [1.807, 2.05) is 12.1 Å². The van der Waals surface area contributed by atoms with Crippen LogP contribution in [-0.2, 0) is 35.2 Å². The Bertz CT molecular complexity index is 2930. The van der Waals surface area contributed by atoms with Gasteiger partial charge in [-0.3, -0.25) is 9.97 Å². The van der Waals surface area contributed by atoms with Gasteiger partial charge in [-0.05, 0) is 74.9 Å². The Morgan fingerprint density at radius 3 is 1.80 bits per heavy atom. The van der Waals surface area contributed by atoms with E-state index in [4.69, 9.17) is 9.97 Å². The Morgan fingerprint density at radius 1 is 0.480 bits per heavy atom. The van der Waals surface area contributed by atoms with Gasteiger partial charge in [-0.25, -0.2) is 0 Å². The number of nitrogens with zero attached hydrogens (tertiary/aromatic N) is 5. The van der Waals surface area contributed by atoms with Crippen LogP contribution in [0, 0.1) is 12.1 Å². The van der Waals surface area contributed by atoms with E-state index in [1.54, 1.807) is 0 Å². The Hall–Kier alpha value is -5.77. The number of rotatable bonds is 4. The summed E-state index contributed by atoms with van der Waals surface area (Å²) >= 11 is 0. The number of aryl methyl sites for hydroxylation is 2. The van der Waals surface area contributed by atoms with Gasteiger partial charge in [0.1, 0.15) is 0 Å². The first-order valence-electron chi connectivity index (χ1n) is 16.5. The third-order valence-corrected chi connectivity index (χ3v) is 9.84. The summed E-state index contributed by atoms with van der Waals surface area (Å²) in [5, 5.41) is 4.75. The molecule has 50 heavy (non-hydrogen) atoms. The largest absolute Gasteiger partial charge is 2.00 e. The zero-order valence-corrected chi connectivity index (χ0v) is 29.6. The van der Waals surface area contributed by atoms with Crippen LogP contribution >= 0.6 is 0 Å². The molecule has 0 saturated heterocycles. The monoisotopic (exact) mass is 822 g/mol. The summed E-state index contributed by atoms with van der Waals surface area (Å²) in [6.07, 6.45) is 0. The summed E-state index contributed by atoms with van der Waals surface area (Å²) in [7, 11) is 4.14. The molecular weight excluding hydrogens is 794 g/mol. The molecular formula is C44H29N5Pt. The van der Waals surface area contributed by atoms with E-state index < -0.39 is 0 Å². The Balaban J connectivity index is 0.00000336. The predicted octanol–water partition coefficient (Wildman–Crippen LogP) is 10.3. The minimum absolute atomic E-state index is 0. The molecule has 0 spiro atoms. The summed E-state index contributed by atoms with van der Waals surface area (Å²) in [6.45, 7) is 0. The number of para-hydroxylation sites is 4. The van der Waals surface area contributed by atoms with Gasteiger partial charge in [0.25, 0.3) is 0 Å². The summed E-state index contributed by atoms with van der Waals surface area (Å²) in [6, 6.07) is 56.7. The number of aromatic nitrogens is 5. The van der Waals surface area contributed by atoms with E-state index in [0.717, 1.165) is 77.9 Å². The molecule has 0 fully saturated rings. The van der Waals surface area contributed by atoms with Crippen molar-refractivity contribution in [3.63, 3.8) is 0 Å². The molecule has 10 aromatic rings. The SMILES string of the molecule is Cn1c(-c2[c-]c(-n3c4[c-]c(-c5nc6ccccc6n5C)ccc4c4ccc(-c5ccc6ccccc6c5)cc43)ccc2)nc2ccccc21.[Pt+2]. The zero-order chi connectivity index (χ0) is 32.6. The average Bonchev–Trinajstić information content (AvgIpc) is 3.79. The van der Waals surface area contributed by atoms with Crippen LogP contribution < -0.4 is 0 Å². The van der Waals surface area contributed by atoms with Crippen molar-refractivity contribution < 1.29 is 21.1 Å². The summed E-state index contributed by atoms with van der Waals surface area (Å²) in [4.78, 5) is 10.0. The minimum atomic E-state index is 0. The van der Waals surface area contributed by atoms with Crippen LogP contribution in [0.2, 0.25) is 0 Å². The molecule has 0 N–H and O–H groups in total. The van der Waals surface area contributed by atoms with Gasteiger partial charge >= 0.3 is 21.1 Å². The van der Waals surface area contributed by atoms with Gasteiger partial charge in [0.05, 0.1) is 33.7 Å². The fourth-order valence-electron chi connectivity index (χ4n) is 7.36. The van der Waals surface area contributed by atoms with Crippen LogP contribution in [0.1, 0.15) is 0 Å². The number of hydrogen-bond acceptors (Lipinski definition) is 2. The molecule has 10 rings (SSSR count). The van der Waals surface area contributed by atoms with Crippen LogP contribution in [0.15, 0.2) is 140 Å². The maximum Gasteiger partial charge on any atom is 2.00 e. The van der Waals surface area contributed by atoms with E-state index in [0.29, 0.717) is 0 Å². The Kier molecular flexibility index (Phi) is 7.08. The van der Waals surface area contributed by atoms with Gasteiger partial charge < -0.3 is 13.7 Å². The molecule has 0 amide bonds. The quantitative estimate of drug-likeness (QED) is 0.166. The molecule has 3 heterocycles. The normalized spacial score (nSPS) is 11.6.